The van der Waals surface area contributed by atoms with E-state index >= 15 is 0 Å². The van der Waals surface area contributed by atoms with Crippen molar-refractivity contribution < 1.29 is 18.0 Å². The summed E-state index contributed by atoms with van der Waals surface area (Å²) in [6, 6.07) is 12.4. The first-order valence-electron chi connectivity index (χ1n) is 12.8. The van der Waals surface area contributed by atoms with E-state index in [1.165, 1.54) is 24.5 Å². The molecule has 0 bridgehead atoms. The van der Waals surface area contributed by atoms with Crippen molar-refractivity contribution in [2.45, 2.75) is 32.0 Å². The highest BCUT2D eigenvalue weighted by Crippen LogP contribution is 2.26. The number of carbonyl (C=O) groups excluding carboxylic acids is 1. The lowest BCUT2D eigenvalue weighted by atomic mass is 10.0. The Morgan fingerprint density at radius 2 is 1.93 bits per heavy atom. The van der Waals surface area contributed by atoms with E-state index in [4.69, 9.17) is 4.42 Å². The molecule has 0 saturated carbocycles. The first-order valence-corrected chi connectivity index (χ1v) is 13.6. The van der Waals surface area contributed by atoms with Crippen LogP contribution in [0.1, 0.15) is 34.5 Å². The number of rotatable bonds is 7. The van der Waals surface area contributed by atoms with Crippen molar-refractivity contribution in [2.24, 2.45) is 0 Å². The number of likely N-dealkylation sites (tertiary alicyclic amines) is 1. The van der Waals surface area contributed by atoms with E-state index in [-0.39, 0.29) is 11.9 Å². The van der Waals surface area contributed by atoms with Crippen LogP contribution >= 0.6 is 15.9 Å². The average Bonchev–Trinajstić information content (AvgIpc) is 3.63. The maximum absolute atomic E-state index is 13.9. The molecule has 4 aromatic heterocycles. The van der Waals surface area contributed by atoms with Crippen LogP contribution in [0.4, 0.5) is 8.78 Å². The highest BCUT2D eigenvalue weighted by Gasteiger charge is 2.24. The first kappa shape index (κ1) is 26.2. The van der Waals surface area contributed by atoms with Crippen molar-refractivity contribution in [3.8, 4) is 11.5 Å². The number of furan rings is 1. The molecule has 5 aromatic rings. The molecule has 1 N–H and O–H groups in total. The largest absolute Gasteiger partial charge is 0.463 e. The molecule has 1 aromatic carbocycles. The van der Waals surface area contributed by atoms with Gasteiger partial charge in [0.1, 0.15) is 16.1 Å². The number of benzene rings is 1. The highest BCUT2D eigenvalue weighted by molar-refractivity contribution is 9.10. The van der Waals surface area contributed by atoms with Crippen LogP contribution in [0.3, 0.4) is 0 Å². The van der Waals surface area contributed by atoms with Gasteiger partial charge in [0.15, 0.2) is 5.76 Å². The van der Waals surface area contributed by atoms with Crippen LogP contribution in [-0.2, 0) is 13.1 Å². The number of aromatic nitrogens is 5. The van der Waals surface area contributed by atoms with Gasteiger partial charge in [-0.25, -0.2) is 19.0 Å². The molecule has 0 spiro atoms. The molecule has 1 amide bonds. The van der Waals surface area contributed by atoms with Crippen molar-refractivity contribution >= 4 is 32.7 Å². The second kappa shape index (κ2) is 11.2. The number of nitrogens with zero attached hydrogens (tertiary/aromatic N) is 6. The molecule has 1 aliphatic rings. The maximum Gasteiger partial charge on any atom is 0.252 e. The summed E-state index contributed by atoms with van der Waals surface area (Å²) in [5, 5.41) is 12.2. The monoisotopic (exact) mass is 607 g/mol. The number of carbonyl (C=O) groups is 1. The van der Waals surface area contributed by atoms with Crippen LogP contribution in [0.5, 0.6) is 0 Å². The summed E-state index contributed by atoms with van der Waals surface area (Å²) in [5.41, 5.74) is 2.93. The average molecular weight is 608 g/mol. The Kier molecular flexibility index (Phi) is 7.35. The third-order valence-corrected chi connectivity index (χ3v) is 7.60. The van der Waals surface area contributed by atoms with Gasteiger partial charge in [0.2, 0.25) is 5.95 Å². The number of hydrogen-bond acceptors (Lipinski definition) is 7. The fraction of sp³-hybridized carbons (Fsp3) is 0.250. The van der Waals surface area contributed by atoms with Gasteiger partial charge in [0.25, 0.3) is 5.91 Å². The molecule has 12 heteroatoms. The molecule has 0 atom stereocenters. The fourth-order valence-corrected chi connectivity index (χ4v) is 5.32. The smallest absolute Gasteiger partial charge is 0.252 e. The molecule has 6 rings (SSSR count). The zero-order valence-corrected chi connectivity index (χ0v) is 22.8. The SMILES string of the molecule is O=C(NC1CCN(Cc2cn(Cc3ccc(F)nc3Br)nn2)CC1)c1cc(-c2ccco2)nc2cc(F)ccc12. The molecule has 204 valence electrons. The number of nitrogens with one attached hydrogen (secondary N) is 1. The van der Waals surface area contributed by atoms with Crippen LogP contribution in [0.15, 0.2) is 70.0 Å². The second-order valence-corrected chi connectivity index (χ2v) is 10.5. The Bertz CT molecular complexity index is 1670. The van der Waals surface area contributed by atoms with Crippen molar-refractivity contribution in [1.82, 2.24) is 35.2 Å². The molecule has 0 radical (unpaired) electrons. The molecule has 40 heavy (non-hydrogen) atoms. The summed E-state index contributed by atoms with van der Waals surface area (Å²) in [4.78, 5) is 23.9. The predicted octanol–water partition coefficient (Wildman–Crippen LogP) is 4.96. The van der Waals surface area contributed by atoms with Crippen LogP contribution in [0, 0.1) is 11.8 Å². The van der Waals surface area contributed by atoms with Gasteiger partial charge in [-0.15, -0.1) is 5.10 Å². The summed E-state index contributed by atoms with van der Waals surface area (Å²) in [6.07, 6.45) is 4.95. The lowest BCUT2D eigenvalue weighted by molar-refractivity contribution is 0.0910. The summed E-state index contributed by atoms with van der Waals surface area (Å²) in [5.74, 6) is -0.685. The molecular formula is C28H24BrF2N7O2. The second-order valence-electron chi connectivity index (χ2n) is 9.71. The first-order chi connectivity index (χ1) is 19.4. The van der Waals surface area contributed by atoms with Crippen molar-refractivity contribution in [2.75, 3.05) is 13.1 Å². The van der Waals surface area contributed by atoms with Crippen LogP contribution in [0.2, 0.25) is 0 Å². The van der Waals surface area contributed by atoms with Crippen molar-refractivity contribution in [3.63, 3.8) is 0 Å². The molecule has 9 nitrogen and oxygen atoms in total. The van der Waals surface area contributed by atoms with Gasteiger partial charge >= 0.3 is 0 Å². The van der Waals surface area contributed by atoms with Gasteiger partial charge in [0, 0.05) is 42.7 Å². The highest BCUT2D eigenvalue weighted by atomic mass is 79.9. The van der Waals surface area contributed by atoms with E-state index in [0.29, 0.717) is 45.6 Å². The van der Waals surface area contributed by atoms with Gasteiger partial charge in [-0.3, -0.25) is 9.69 Å². The standard InChI is InChI=1S/C28H24BrF2N7O2/c29-27-17(3-6-26(31)34-27)14-38-16-20(35-36-38)15-37-9-7-19(8-10-37)32-28(39)22-13-24(25-2-1-11-40-25)33-23-12-18(30)4-5-21(22)23/h1-6,11-13,16,19H,7-10,14-15H2,(H,32,39). The van der Waals surface area contributed by atoms with Gasteiger partial charge in [0.05, 0.1) is 35.8 Å². The number of piperidine rings is 1. The lowest BCUT2D eigenvalue weighted by Crippen LogP contribution is -2.44. The molecule has 1 fully saturated rings. The Hall–Kier alpha value is -4.03. The summed E-state index contributed by atoms with van der Waals surface area (Å²) >= 11 is 3.28. The minimum atomic E-state index is -0.544. The molecule has 5 heterocycles. The topological polar surface area (TPSA) is 102 Å². The number of amides is 1. The molecule has 0 aliphatic carbocycles. The van der Waals surface area contributed by atoms with Gasteiger partial charge < -0.3 is 9.73 Å². The number of halogens is 3. The fourth-order valence-electron chi connectivity index (χ4n) is 4.89. The molecular weight excluding hydrogens is 584 g/mol. The predicted molar refractivity (Wildman–Crippen MR) is 146 cm³/mol. The Morgan fingerprint density at radius 1 is 1.07 bits per heavy atom. The lowest BCUT2D eigenvalue weighted by Gasteiger charge is -2.31. The summed E-state index contributed by atoms with van der Waals surface area (Å²) < 4.78 is 34.8. The summed E-state index contributed by atoms with van der Waals surface area (Å²) in [7, 11) is 0. The molecule has 1 aliphatic heterocycles. The zero-order chi connectivity index (χ0) is 27.6. The van der Waals surface area contributed by atoms with E-state index in [1.807, 2.05) is 6.20 Å². The van der Waals surface area contributed by atoms with E-state index in [9.17, 15) is 13.6 Å². The van der Waals surface area contributed by atoms with E-state index in [1.54, 1.807) is 35.0 Å². The van der Waals surface area contributed by atoms with Crippen LogP contribution < -0.4 is 5.32 Å². The third-order valence-electron chi connectivity index (χ3n) is 6.91. The Labute approximate surface area is 236 Å². The Balaban J connectivity index is 1.08. The maximum atomic E-state index is 13.9. The van der Waals surface area contributed by atoms with Crippen LogP contribution in [-0.4, -0.2) is 54.9 Å². The van der Waals surface area contributed by atoms with E-state index in [2.05, 4.69) is 46.4 Å². The Morgan fingerprint density at radius 3 is 2.70 bits per heavy atom. The minimum absolute atomic E-state index is 0.00140. The number of pyridine rings is 2. The zero-order valence-electron chi connectivity index (χ0n) is 21.2. The molecule has 0 unspecified atom stereocenters. The van der Waals surface area contributed by atoms with Crippen molar-refractivity contribution in [3.05, 3.63) is 94.2 Å². The summed E-state index contributed by atoms with van der Waals surface area (Å²) in [6.45, 7) is 2.62. The third kappa shape index (κ3) is 5.77. The van der Waals surface area contributed by atoms with E-state index in [0.717, 1.165) is 37.2 Å². The van der Waals surface area contributed by atoms with Gasteiger partial charge in [-0.05, 0) is 71.2 Å². The van der Waals surface area contributed by atoms with Crippen molar-refractivity contribution in [1.29, 1.82) is 0 Å². The van der Waals surface area contributed by atoms with Crippen LogP contribution in [0.25, 0.3) is 22.4 Å². The van der Waals surface area contributed by atoms with E-state index < -0.39 is 11.8 Å². The normalized spacial score (nSPS) is 14.6. The number of hydrogen-bond donors (Lipinski definition) is 1. The van der Waals surface area contributed by atoms with Gasteiger partial charge in [-0.1, -0.05) is 5.21 Å². The van der Waals surface area contributed by atoms with Gasteiger partial charge in [-0.2, -0.15) is 4.39 Å². The molecule has 1 saturated heterocycles. The quantitative estimate of drug-likeness (QED) is 0.261. The minimum Gasteiger partial charge on any atom is -0.463 e. The number of fused-ring (bicyclic) bond motifs is 1.